The van der Waals surface area contributed by atoms with Gasteiger partial charge in [-0.1, -0.05) is 0 Å². The highest BCUT2D eigenvalue weighted by atomic mass is 35.5. The third-order valence-corrected chi connectivity index (χ3v) is 6.03. The molecule has 3 saturated heterocycles. The third-order valence-electron chi connectivity index (χ3n) is 6.03. The molecule has 3 amide bonds. The Hall–Kier alpha value is -1.65. The zero-order chi connectivity index (χ0) is 20.2. The predicted octanol–water partition coefficient (Wildman–Crippen LogP) is 0.756. The van der Waals surface area contributed by atoms with Gasteiger partial charge in [0.15, 0.2) is 0 Å². The molecule has 1 unspecified atom stereocenters. The van der Waals surface area contributed by atoms with Gasteiger partial charge in [0.25, 0.3) is 5.91 Å². The Morgan fingerprint density at radius 2 is 1.69 bits per heavy atom. The van der Waals surface area contributed by atoms with Gasteiger partial charge >= 0.3 is 0 Å². The van der Waals surface area contributed by atoms with Crippen LogP contribution < -0.4 is 20.9 Å². The molecule has 3 N–H and O–H groups in total. The topological polar surface area (TPSA) is 107 Å². The number of piperidine rings is 2. The fourth-order valence-electron chi connectivity index (χ4n) is 4.29. The lowest BCUT2D eigenvalue weighted by atomic mass is 10.0. The molecule has 0 bridgehead atoms. The summed E-state index contributed by atoms with van der Waals surface area (Å²) in [5.41, 5.74) is 1.28. The highest BCUT2D eigenvalue weighted by Crippen LogP contribution is 2.19. The molecule has 3 aliphatic rings. The maximum absolute atomic E-state index is 12.4. The van der Waals surface area contributed by atoms with Crippen molar-refractivity contribution in [3.8, 4) is 0 Å². The number of halogens is 3. The quantitative estimate of drug-likeness (QED) is 0.514. The van der Waals surface area contributed by atoms with Crippen LogP contribution in [0.2, 0.25) is 0 Å². The molecule has 4 heterocycles. The maximum atomic E-state index is 12.4. The van der Waals surface area contributed by atoms with Crippen LogP contribution in [0.15, 0.2) is 18.3 Å². The van der Waals surface area contributed by atoms with Crippen molar-refractivity contribution in [1.82, 2.24) is 25.8 Å². The molecule has 9 nitrogen and oxygen atoms in total. The average molecular weight is 510 g/mol. The molecule has 3 fully saturated rings. The van der Waals surface area contributed by atoms with Gasteiger partial charge in [-0.15, -0.1) is 37.2 Å². The Bertz CT molecular complexity index is 768. The first-order chi connectivity index (χ1) is 14.1. The van der Waals surface area contributed by atoms with Crippen LogP contribution in [0, 0.1) is 0 Å². The molecule has 180 valence electrons. The van der Waals surface area contributed by atoms with Gasteiger partial charge in [-0.25, -0.2) is 4.98 Å². The van der Waals surface area contributed by atoms with Crippen molar-refractivity contribution in [3.05, 3.63) is 24.0 Å². The molecule has 0 aromatic carbocycles. The number of hydrogen-bond donors (Lipinski definition) is 3. The van der Waals surface area contributed by atoms with Gasteiger partial charge in [0.2, 0.25) is 11.8 Å². The molecule has 1 aromatic rings. The van der Waals surface area contributed by atoms with Crippen molar-refractivity contribution in [1.29, 1.82) is 0 Å². The molecular weight excluding hydrogens is 479 g/mol. The van der Waals surface area contributed by atoms with Crippen LogP contribution in [-0.4, -0.2) is 79.0 Å². The Kier molecular flexibility index (Phi) is 11.7. The van der Waals surface area contributed by atoms with E-state index in [0.717, 1.165) is 45.0 Å². The minimum absolute atomic E-state index is 0. The second kappa shape index (κ2) is 13.2. The molecule has 12 heteroatoms. The minimum atomic E-state index is -0.690. The Labute approximate surface area is 206 Å². The smallest absolute Gasteiger partial charge is 0.270 e. The van der Waals surface area contributed by atoms with E-state index < -0.39 is 17.9 Å². The molecule has 3 aliphatic heterocycles. The van der Waals surface area contributed by atoms with E-state index in [9.17, 15) is 14.4 Å². The Morgan fingerprint density at radius 1 is 1.00 bits per heavy atom. The molecule has 4 rings (SSSR count). The first kappa shape index (κ1) is 28.4. The van der Waals surface area contributed by atoms with Crippen LogP contribution >= 0.6 is 37.2 Å². The zero-order valence-electron chi connectivity index (χ0n) is 17.7. The molecule has 1 atom stereocenters. The number of carbonyl (C=O) groups is 3. The lowest BCUT2D eigenvalue weighted by Gasteiger charge is -2.41. The van der Waals surface area contributed by atoms with E-state index in [1.807, 2.05) is 6.07 Å². The van der Waals surface area contributed by atoms with Crippen LogP contribution in [-0.2, 0) is 9.59 Å². The summed E-state index contributed by atoms with van der Waals surface area (Å²) in [5.74, 6) is -1.16. The number of anilines is 1. The van der Waals surface area contributed by atoms with E-state index in [1.54, 1.807) is 12.3 Å². The van der Waals surface area contributed by atoms with Crippen molar-refractivity contribution < 1.29 is 14.4 Å². The van der Waals surface area contributed by atoms with Gasteiger partial charge in [0.1, 0.15) is 11.7 Å². The molecule has 1 aromatic heterocycles. The summed E-state index contributed by atoms with van der Waals surface area (Å²) in [6, 6.07) is 3.60. The number of nitrogens with one attached hydrogen (secondary N) is 3. The summed E-state index contributed by atoms with van der Waals surface area (Å²) in [7, 11) is 0. The monoisotopic (exact) mass is 508 g/mol. The molecular formula is C20H31Cl3N6O3. The van der Waals surface area contributed by atoms with Gasteiger partial charge < -0.3 is 15.5 Å². The number of rotatable bonds is 4. The zero-order valence-corrected chi connectivity index (χ0v) is 20.2. The highest BCUT2D eigenvalue weighted by Gasteiger charge is 2.29. The summed E-state index contributed by atoms with van der Waals surface area (Å²) in [4.78, 5) is 44.6. The first-order valence-electron chi connectivity index (χ1n) is 10.4. The van der Waals surface area contributed by atoms with Gasteiger partial charge in [0.05, 0.1) is 11.9 Å². The average Bonchev–Trinajstić information content (AvgIpc) is 2.76. The lowest BCUT2D eigenvalue weighted by molar-refractivity contribution is -0.134. The number of nitrogens with zero attached hydrogens (tertiary/aromatic N) is 3. The summed E-state index contributed by atoms with van der Waals surface area (Å²) in [5, 5.41) is 8.31. The van der Waals surface area contributed by atoms with Crippen molar-refractivity contribution in [2.24, 2.45) is 0 Å². The fraction of sp³-hybridized carbons (Fsp3) is 0.600. The Balaban J connectivity index is 0.00000171. The van der Waals surface area contributed by atoms with E-state index in [1.165, 1.54) is 12.8 Å². The second-order valence-corrected chi connectivity index (χ2v) is 7.88. The number of imide groups is 1. The van der Waals surface area contributed by atoms with Gasteiger partial charge in [-0.3, -0.25) is 24.6 Å². The van der Waals surface area contributed by atoms with E-state index >= 15 is 0 Å². The molecule has 0 aliphatic carbocycles. The van der Waals surface area contributed by atoms with E-state index in [2.05, 4.69) is 30.7 Å². The van der Waals surface area contributed by atoms with E-state index in [-0.39, 0.29) is 55.2 Å². The number of carbonyl (C=O) groups excluding carboxylic acids is 3. The number of aromatic nitrogens is 1. The van der Waals surface area contributed by atoms with Crippen molar-refractivity contribution >= 4 is 60.6 Å². The summed E-state index contributed by atoms with van der Waals surface area (Å²) in [6.07, 6.45) is 4.71. The predicted molar refractivity (Wildman–Crippen MR) is 129 cm³/mol. The van der Waals surface area contributed by atoms with Gasteiger partial charge in [0, 0.05) is 38.6 Å². The molecule has 0 spiro atoms. The SMILES string of the molecule is Cl.Cl.Cl.O=C1CCC(NC(=O)c2ccc(N3CCN(C4CCNCC4)CC3)cn2)C(=O)N1. The van der Waals surface area contributed by atoms with Crippen molar-refractivity contribution in [3.63, 3.8) is 0 Å². The number of pyridine rings is 1. The molecule has 0 radical (unpaired) electrons. The van der Waals surface area contributed by atoms with Crippen LogP contribution in [0.25, 0.3) is 0 Å². The van der Waals surface area contributed by atoms with Crippen molar-refractivity contribution in [2.45, 2.75) is 37.8 Å². The number of amides is 3. The largest absolute Gasteiger partial charge is 0.368 e. The van der Waals surface area contributed by atoms with Crippen molar-refractivity contribution in [2.75, 3.05) is 44.2 Å². The fourth-order valence-corrected chi connectivity index (χ4v) is 4.29. The molecule has 32 heavy (non-hydrogen) atoms. The first-order valence-corrected chi connectivity index (χ1v) is 10.4. The van der Waals surface area contributed by atoms with E-state index in [0.29, 0.717) is 12.5 Å². The maximum Gasteiger partial charge on any atom is 0.270 e. The summed E-state index contributed by atoms with van der Waals surface area (Å²) >= 11 is 0. The van der Waals surface area contributed by atoms with E-state index in [4.69, 9.17) is 0 Å². The summed E-state index contributed by atoms with van der Waals surface area (Å²) < 4.78 is 0. The van der Waals surface area contributed by atoms with Crippen LogP contribution in [0.3, 0.4) is 0 Å². The number of hydrogen-bond acceptors (Lipinski definition) is 7. The standard InChI is InChI=1S/C20H28N6O3.3ClH/c27-18-4-3-17(20(29)24-18)23-19(28)16-2-1-15(13-22-16)26-11-9-25(10-12-26)14-5-7-21-8-6-14;;;/h1-2,13-14,17,21H,3-12H2,(H,23,28)(H,24,27,29);3*1H. The molecule has 0 saturated carbocycles. The van der Waals surface area contributed by atoms with Gasteiger partial charge in [-0.2, -0.15) is 0 Å². The van der Waals surface area contributed by atoms with Crippen LogP contribution in [0.4, 0.5) is 5.69 Å². The normalized spacial score (nSPS) is 22.0. The minimum Gasteiger partial charge on any atom is -0.368 e. The highest BCUT2D eigenvalue weighted by molar-refractivity contribution is 6.03. The summed E-state index contributed by atoms with van der Waals surface area (Å²) in [6.45, 7) is 6.21. The lowest BCUT2D eigenvalue weighted by Crippen LogP contribution is -2.53. The number of piperazine rings is 1. The Morgan fingerprint density at radius 3 is 2.28 bits per heavy atom. The van der Waals surface area contributed by atoms with Gasteiger partial charge in [-0.05, 0) is 44.5 Å². The van der Waals surface area contributed by atoms with Crippen LogP contribution in [0.1, 0.15) is 36.2 Å². The third kappa shape index (κ3) is 6.92. The van der Waals surface area contributed by atoms with Crippen LogP contribution in [0.5, 0.6) is 0 Å². The second-order valence-electron chi connectivity index (χ2n) is 7.88.